The Labute approximate surface area is 133 Å². The second kappa shape index (κ2) is 6.85. The second-order valence-corrected chi connectivity index (χ2v) is 7.65. The Hall–Kier alpha value is -0.650. The van der Waals surface area contributed by atoms with Crippen molar-refractivity contribution in [3.8, 4) is 0 Å². The van der Waals surface area contributed by atoms with Crippen LogP contribution in [0.4, 0.5) is 0 Å². The zero-order valence-electron chi connectivity index (χ0n) is 13.5. The molecule has 0 radical (unpaired) electrons. The zero-order chi connectivity index (χ0) is 15.6. The summed E-state index contributed by atoms with van der Waals surface area (Å²) in [4.78, 5) is 16.9. The Morgan fingerprint density at radius 3 is 2.64 bits per heavy atom. The number of hydrogen-bond donors (Lipinski definition) is 2. The van der Waals surface area contributed by atoms with Crippen LogP contribution in [0.15, 0.2) is 0 Å². The number of β-lactam (4-membered cyclic amide) rings is 1. The van der Waals surface area contributed by atoms with Gasteiger partial charge in [-0.1, -0.05) is 19.3 Å². The number of aliphatic hydroxyl groups excluding tert-OH is 2. The minimum absolute atomic E-state index is 0.192. The van der Waals surface area contributed by atoms with E-state index in [1.807, 2.05) is 0 Å². The SMILES string of the molecule is O=C1N(CC2CCCCC2)C[C@]12CCCN(C[C@@H](O)CO)C2. The van der Waals surface area contributed by atoms with E-state index in [-0.39, 0.29) is 12.0 Å². The van der Waals surface area contributed by atoms with Crippen molar-refractivity contribution in [3.05, 3.63) is 0 Å². The monoisotopic (exact) mass is 310 g/mol. The van der Waals surface area contributed by atoms with Crippen LogP contribution in [0.2, 0.25) is 0 Å². The molecule has 0 aromatic carbocycles. The Kier molecular flexibility index (Phi) is 5.05. The van der Waals surface area contributed by atoms with Crippen molar-refractivity contribution in [1.82, 2.24) is 9.80 Å². The summed E-state index contributed by atoms with van der Waals surface area (Å²) in [5.74, 6) is 1.05. The molecule has 2 saturated heterocycles. The molecule has 2 aliphatic heterocycles. The Morgan fingerprint density at radius 2 is 1.95 bits per heavy atom. The summed E-state index contributed by atoms with van der Waals surface area (Å²) in [7, 11) is 0. The molecule has 0 bridgehead atoms. The highest BCUT2D eigenvalue weighted by Gasteiger charge is 2.53. The number of aliphatic hydroxyl groups is 2. The molecule has 2 N–H and O–H groups in total. The molecule has 1 saturated carbocycles. The van der Waals surface area contributed by atoms with Crippen molar-refractivity contribution >= 4 is 5.91 Å². The zero-order valence-corrected chi connectivity index (χ0v) is 13.5. The Balaban J connectivity index is 1.51. The Bertz CT molecular complexity index is 397. The Morgan fingerprint density at radius 1 is 1.18 bits per heavy atom. The van der Waals surface area contributed by atoms with Gasteiger partial charge in [-0.3, -0.25) is 9.69 Å². The highest BCUT2D eigenvalue weighted by atomic mass is 16.3. The van der Waals surface area contributed by atoms with Crippen molar-refractivity contribution in [2.24, 2.45) is 11.3 Å². The summed E-state index contributed by atoms with van der Waals surface area (Å²) in [6.45, 7) is 3.81. The summed E-state index contributed by atoms with van der Waals surface area (Å²) >= 11 is 0. The molecule has 5 heteroatoms. The molecule has 3 aliphatic rings. The molecule has 1 amide bonds. The fraction of sp³-hybridized carbons (Fsp3) is 0.941. The minimum Gasteiger partial charge on any atom is -0.394 e. The predicted molar refractivity (Wildman–Crippen MR) is 84.4 cm³/mol. The molecule has 2 atom stereocenters. The van der Waals surface area contributed by atoms with Crippen LogP contribution in [-0.2, 0) is 4.79 Å². The van der Waals surface area contributed by atoms with Crippen LogP contribution >= 0.6 is 0 Å². The summed E-state index contributed by atoms with van der Waals surface area (Å²) in [6.07, 6.45) is 7.88. The van der Waals surface area contributed by atoms with Crippen LogP contribution in [-0.4, -0.2) is 71.4 Å². The fourth-order valence-electron chi connectivity index (χ4n) is 4.62. The van der Waals surface area contributed by atoms with Crippen molar-refractivity contribution < 1.29 is 15.0 Å². The third kappa shape index (κ3) is 3.31. The number of carbonyl (C=O) groups excluding carboxylic acids is 1. The van der Waals surface area contributed by atoms with E-state index >= 15 is 0 Å². The third-order valence-corrected chi connectivity index (χ3v) is 5.77. The number of rotatable bonds is 5. The maximum Gasteiger partial charge on any atom is 0.231 e. The first-order chi connectivity index (χ1) is 10.6. The summed E-state index contributed by atoms with van der Waals surface area (Å²) in [6, 6.07) is 0. The predicted octanol–water partition coefficient (Wildman–Crippen LogP) is 0.844. The standard InChI is InChI=1S/C17H30N2O3/c20-11-15(21)10-18-8-4-7-17(12-18)13-19(16(17)22)9-14-5-2-1-3-6-14/h14-15,20-21H,1-13H2/t15-,17-/m1/s1. The first-order valence-electron chi connectivity index (χ1n) is 8.94. The highest BCUT2D eigenvalue weighted by Crippen LogP contribution is 2.41. The summed E-state index contributed by atoms with van der Waals surface area (Å²) in [5.41, 5.74) is -0.192. The lowest BCUT2D eigenvalue weighted by Crippen LogP contribution is -2.67. The first-order valence-corrected chi connectivity index (χ1v) is 8.94. The molecule has 22 heavy (non-hydrogen) atoms. The maximum absolute atomic E-state index is 12.7. The number of piperidine rings is 1. The van der Waals surface area contributed by atoms with Gasteiger partial charge in [0.15, 0.2) is 0 Å². The minimum atomic E-state index is -0.691. The van der Waals surface area contributed by atoms with Gasteiger partial charge >= 0.3 is 0 Å². The number of β-amino-alcohol motifs (C(OH)–C–C–N with tert-alkyl or cyclic N) is 1. The molecule has 126 valence electrons. The number of amides is 1. The fourth-order valence-corrected chi connectivity index (χ4v) is 4.62. The van der Waals surface area contributed by atoms with Crippen LogP contribution in [0.25, 0.3) is 0 Å². The van der Waals surface area contributed by atoms with Crippen LogP contribution in [0.1, 0.15) is 44.9 Å². The van der Waals surface area contributed by atoms with Crippen molar-refractivity contribution in [2.45, 2.75) is 51.0 Å². The molecular formula is C17H30N2O3. The van der Waals surface area contributed by atoms with E-state index in [4.69, 9.17) is 5.11 Å². The number of hydrogen-bond acceptors (Lipinski definition) is 4. The largest absolute Gasteiger partial charge is 0.394 e. The van der Waals surface area contributed by atoms with Gasteiger partial charge < -0.3 is 15.1 Å². The third-order valence-electron chi connectivity index (χ3n) is 5.77. The quantitative estimate of drug-likeness (QED) is 0.739. The van der Waals surface area contributed by atoms with E-state index in [0.717, 1.165) is 39.0 Å². The second-order valence-electron chi connectivity index (χ2n) is 7.65. The van der Waals surface area contributed by atoms with Crippen molar-refractivity contribution in [3.63, 3.8) is 0 Å². The summed E-state index contributed by atoms with van der Waals surface area (Å²) < 4.78 is 0. The van der Waals surface area contributed by atoms with Gasteiger partial charge in [0.25, 0.3) is 0 Å². The molecule has 1 spiro atoms. The molecule has 1 aliphatic carbocycles. The average molecular weight is 310 g/mol. The van der Waals surface area contributed by atoms with Gasteiger partial charge in [-0.15, -0.1) is 0 Å². The topological polar surface area (TPSA) is 64.0 Å². The summed E-state index contributed by atoms with van der Waals surface area (Å²) in [5, 5.41) is 18.6. The normalized spacial score (nSPS) is 32.3. The van der Waals surface area contributed by atoms with E-state index in [2.05, 4.69) is 9.80 Å². The highest BCUT2D eigenvalue weighted by molar-refractivity contribution is 5.89. The van der Waals surface area contributed by atoms with E-state index in [0.29, 0.717) is 18.4 Å². The number of likely N-dealkylation sites (tertiary alicyclic amines) is 2. The molecule has 0 unspecified atom stereocenters. The van der Waals surface area contributed by atoms with Gasteiger partial charge in [0.05, 0.1) is 18.1 Å². The molecule has 0 aromatic rings. The first kappa shape index (κ1) is 16.2. The molecule has 0 aromatic heterocycles. The van der Waals surface area contributed by atoms with Gasteiger partial charge in [0.1, 0.15) is 0 Å². The van der Waals surface area contributed by atoms with Gasteiger partial charge in [-0.25, -0.2) is 0 Å². The van der Waals surface area contributed by atoms with E-state index in [1.54, 1.807) is 0 Å². The average Bonchev–Trinajstić information content (AvgIpc) is 2.55. The van der Waals surface area contributed by atoms with Crippen LogP contribution < -0.4 is 0 Å². The van der Waals surface area contributed by atoms with E-state index < -0.39 is 6.10 Å². The lowest BCUT2D eigenvalue weighted by molar-refractivity contribution is -0.168. The van der Waals surface area contributed by atoms with Gasteiger partial charge in [-0.2, -0.15) is 0 Å². The van der Waals surface area contributed by atoms with Gasteiger partial charge in [-0.05, 0) is 38.1 Å². The van der Waals surface area contributed by atoms with Gasteiger partial charge in [0.2, 0.25) is 5.91 Å². The van der Waals surface area contributed by atoms with E-state index in [1.165, 1.54) is 32.1 Å². The van der Waals surface area contributed by atoms with Gasteiger partial charge in [0, 0.05) is 26.2 Å². The van der Waals surface area contributed by atoms with Crippen molar-refractivity contribution in [2.75, 3.05) is 39.3 Å². The molecule has 3 fully saturated rings. The van der Waals surface area contributed by atoms with Crippen LogP contribution in [0, 0.1) is 11.3 Å². The number of nitrogens with zero attached hydrogens (tertiary/aromatic N) is 2. The smallest absolute Gasteiger partial charge is 0.231 e. The molecular weight excluding hydrogens is 280 g/mol. The van der Waals surface area contributed by atoms with E-state index in [9.17, 15) is 9.90 Å². The lowest BCUT2D eigenvalue weighted by Gasteiger charge is -2.54. The van der Waals surface area contributed by atoms with Crippen LogP contribution in [0.5, 0.6) is 0 Å². The van der Waals surface area contributed by atoms with Crippen molar-refractivity contribution in [1.29, 1.82) is 0 Å². The molecule has 5 nitrogen and oxygen atoms in total. The molecule has 3 rings (SSSR count). The lowest BCUT2D eigenvalue weighted by atomic mass is 9.71. The number of carbonyl (C=O) groups is 1. The van der Waals surface area contributed by atoms with Crippen LogP contribution in [0.3, 0.4) is 0 Å². The maximum atomic E-state index is 12.7. The molecule has 2 heterocycles.